The molecule has 0 spiro atoms. The lowest BCUT2D eigenvalue weighted by Crippen LogP contribution is -2.10. The fourth-order valence-corrected chi connectivity index (χ4v) is 11.0. The zero-order valence-corrected chi connectivity index (χ0v) is 34.5. The maximum atomic E-state index is 3.98. The standard InChI is InChI=1S/C55H56N2/c1-6-10-16-34(8-3)26-36-28-47(56-31-36)51-41-19-13-12-18-40(41)46-30-38-22-23-45-52(48-29-37(32-57-48)27-35(9-4)17-11-7-2)43-21-15-14-20-42(43)49-33(5)39-24-25-44(51)53(46)54(39)50(38)55(45)49/h12-15,18-23,25,28-35,56-57H,6-11,16-17,26-27H2,1-5H3. The molecule has 2 aromatic heterocycles. The normalized spacial score (nSPS) is 15.6. The average Bonchev–Trinajstić information content (AvgIpc) is 3.92. The van der Waals surface area contributed by atoms with Gasteiger partial charge in [-0.05, 0) is 120 Å². The Balaban J connectivity index is 1.23. The summed E-state index contributed by atoms with van der Waals surface area (Å²) in [5, 5.41) is 13.5. The number of allylic oxidation sites excluding steroid dienone is 1. The Kier molecular flexibility index (Phi) is 9.22. The largest absolute Gasteiger partial charge is 0.361 e. The molecule has 2 heteroatoms. The van der Waals surface area contributed by atoms with Crippen LogP contribution in [-0.2, 0) is 12.8 Å². The van der Waals surface area contributed by atoms with Crippen molar-refractivity contribution in [2.24, 2.45) is 11.8 Å². The van der Waals surface area contributed by atoms with Gasteiger partial charge < -0.3 is 9.97 Å². The molecule has 0 saturated heterocycles. The number of hydrogen-bond donors (Lipinski definition) is 2. The van der Waals surface area contributed by atoms with E-state index in [0.29, 0.717) is 0 Å². The van der Waals surface area contributed by atoms with Crippen LogP contribution in [-0.4, -0.2) is 9.97 Å². The molecule has 6 aromatic carbocycles. The van der Waals surface area contributed by atoms with E-state index in [2.05, 4.69) is 148 Å². The summed E-state index contributed by atoms with van der Waals surface area (Å²) >= 11 is 0. The molecule has 57 heavy (non-hydrogen) atoms. The lowest BCUT2D eigenvalue weighted by Gasteiger charge is -2.32. The lowest BCUT2D eigenvalue weighted by atomic mass is 9.70. The highest BCUT2D eigenvalue weighted by Crippen LogP contribution is 2.56. The van der Waals surface area contributed by atoms with E-state index in [9.17, 15) is 0 Å². The maximum absolute atomic E-state index is 3.98. The Hall–Kier alpha value is -5.30. The van der Waals surface area contributed by atoms with Crippen molar-refractivity contribution in [3.05, 3.63) is 125 Å². The number of benzene rings is 6. The van der Waals surface area contributed by atoms with E-state index in [1.54, 1.807) is 0 Å². The molecule has 0 radical (unpaired) electrons. The van der Waals surface area contributed by atoms with E-state index < -0.39 is 0 Å². The Bertz CT molecular complexity index is 2920. The van der Waals surface area contributed by atoms with Crippen LogP contribution in [0, 0.1) is 11.8 Å². The molecule has 10 rings (SSSR count). The Labute approximate surface area is 338 Å². The van der Waals surface area contributed by atoms with Gasteiger partial charge in [-0.15, -0.1) is 5.73 Å². The molecule has 0 fully saturated rings. The van der Waals surface area contributed by atoms with Gasteiger partial charge in [0.15, 0.2) is 0 Å². The van der Waals surface area contributed by atoms with Crippen LogP contribution < -0.4 is 0 Å². The number of aromatic amines is 2. The molecule has 286 valence electrons. The molecule has 2 heterocycles. The third-order valence-electron chi connectivity index (χ3n) is 14.0. The molecule has 3 unspecified atom stereocenters. The van der Waals surface area contributed by atoms with Gasteiger partial charge in [0.05, 0.1) is 0 Å². The molecule has 0 saturated carbocycles. The SMILES string of the molecule is CCCCC(CC)Cc1c[nH]c(-c2c3c4c5c6c(ccc7c(-c8cc(CC(CC)CCCC)c[nH]8)c8ccccc8c(c76)C(C)C5=C=C3)cc4c3ccccc23)c1. The lowest BCUT2D eigenvalue weighted by molar-refractivity contribution is 0.449. The molecule has 2 aliphatic rings. The first-order valence-corrected chi connectivity index (χ1v) is 22.2. The number of nitrogens with one attached hydrogen (secondary N) is 2. The molecule has 0 amide bonds. The summed E-state index contributed by atoms with van der Waals surface area (Å²) in [6, 6.07) is 30.5. The summed E-state index contributed by atoms with van der Waals surface area (Å²) in [4.78, 5) is 7.61. The monoisotopic (exact) mass is 744 g/mol. The fourth-order valence-electron chi connectivity index (χ4n) is 11.0. The van der Waals surface area contributed by atoms with Gasteiger partial charge in [0, 0.05) is 57.5 Å². The molecular formula is C55H56N2. The van der Waals surface area contributed by atoms with Crippen molar-refractivity contribution in [1.82, 2.24) is 9.97 Å². The first-order chi connectivity index (χ1) is 28.0. The maximum Gasteiger partial charge on any atom is 0.0469 e. The number of rotatable bonds is 14. The van der Waals surface area contributed by atoms with Crippen LogP contribution in [0.15, 0.2) is 97.0 Å². The van der Waals surface area contributed by atoms with Crippen LogP contribution in [0.25, 0.3) is 88.0 Å². The zero-order chi connectivity index (χ0) is 38.8. The van der Waals surface area contributed by atoms with Crippen LogP contribution in [0.3, 0.4) is 0 Å². The van der Waals surface area contributed by atoms with E-state index in [1.807, 2.05) is 0 Å². The molecule has 2 nitrogen and oxygen atoms in total. The third-order valence-corrected chi connectivity index (χ3v) is 14.0. The summed E-state index contributed by atoms with van der Waals surface area (Å²) in [5.41, 5.74) is 17.4. The second-order valence-electron chi connectivity index (χ2n) is 17.4. The Morgan fingerprint density at radius 2 is 1.18 bits per heavy atom. The minimum atomic E-state index is 0.198. The van der Waals surface area contributed by atoms with Crippen LogP contribution in [0.2, 0.25) is 0 Å². The van der Waals surface area contributed by atoms with Gasteiger partial charge >= 0.3 is 0 Å². The van der Waals surface area contributed by atoms with Crippen LogP contribution in [0.4, 0.5) is 0 Å². The molecule has 2 N–H and O–H groups in total. The van der Waals surface area contributed by atoms with E-state index in [1.165, 1.54) is 161 Å². The highest BCUT2D eigenvalue weighted by Gasteiger charge is 2.33. The van der Waals surface area contributed by atoms with Crippen molar-refractivity contribution in [2.75, 3.05) is 0 Å². The molecular weight excluding hydrogens is 689 g/mol. The fraction of sp³-hybridized carbons (Fsp3) is 0.327. The quantitative estimate of drug-likeness (QED) is 0.0631. The summed E-state index contributed by atoms with van der Waals surface area (Å²) in [5.74, 6) is 1.65. The van der Waals surface area contributed by atoms with Crippen molar-refractivity contribution in [2.45, 2.75) is 105 Å². The van der Waals surface area contributed by atoms with Gasteiger partial charge in [-0.25, -0.2) is 0 Å². The number of fused-ring (bicyclic) bond motifs is 4. The predicted octanol–water partition coefficient (Wildman–Crippen LogP) is 16.1. The first kappa shape index (κ1) is 36.1. The molecule has 8 aromatic rings. The van der Waals surface area contributed by atoms with Crippen molar-refractivity contribution in [3.63, 3.8) is 0 Å². The minimum Gasteiger partial charge on any atom is -0.361 e. The summed E-state index contributed by atoms with van der Waals surface area (Å²) in [6.45, 7) is 11.8. The molecule has 0 bridgehead atoms. The van der Waals surface area contributed by atoms with Gasteiger partial charge in [0.2, 0.25) is 0 Å². The van der Waals surface area contributed by atoms with Crippen LogP contribution in [0.5, 0.6) is 0 Å². The predicted molar refractivity (Wildman–Crippen MR) is 247 cm³/mol. The third kappa shape index (κ3) is 5.74. The van der Waals surface area contributed by atoms with E-state index in [-0.39, 0.29) is 5.92 Å². The van der Waals surface area contributed by atoms with Crippen LogP contribution in [0.1, 0.15) is 120 Å². The zero-order valence-electron chi connectivity index (χ0n) is 34.5. The van der Waals surface area contributed by atoms with Gasteiger partial charge in [0.1, 0.15) is 0 Å². The number of H-pyrrole nitrogens is 2. The molecule has 0 aliphatic heterocycles. The van der Waals surface area contributed by atoms with E-state index in [4.69, 9.17) is 0 Å². The van der Waals surface area contributed by atoms with Crippen molar-refractivity contribution in [3.8, 4) is 22.5 Å². The summed E-state index contributed by atoms with van der Waals surface area (Å²) in [6.07, 6.45) is 19.4. The highest BCUT2D eigenvalue weighted by atomic mass is 14.7. The Morgan fingerprint density at radius 3 is 1.81 bits per heavy atom. The Morgan fingerprint density at radius 1 is 0.579 bits per heavy atom. The van der Waals surface area contributed by atoms with Crippen LogP contribution >= 0.6 is 0 Å². The summed E-state index contributed by atoms with van der Waals surface area (Å²) in [7, 11) is 0. The minimum absolute atomic E-state index is 0.198. The van der Waals surface area contributed by atoms with E-state index in [0.717, 1.165) is 24.7 Å². The van der Waals surface area contributed by atoms with E-state index >= 15 is 0 Å². The average molecular weight is 745 g/mol. The molecule has 3 atom stereocenters. The first-order valence-electron chi connectivity index (χ1n) is 22.2. The number of unbranched alkanes of at least 4 members (excludes halogenated alkanes) is 2. The smallest absolute Gasteiger partial charge is 0.0469 e. The topological polar surface area (TPSA) is 31.6 Å². The summed E-state index contributed by atoms with van der Waals surface area (Å²) < 4.78 is 0. The van der Waals surface area contributed by atoms with Gasteiger partial charge in [-0.3, -0.25) is 0 Å². The number of aromatic nitrogens is 2. The highest BCUT2D eigenvalue weighted by molar-refractivity contribution is 6.33. The van der Waals surface area contributed by atoms with Crippen molar-refractivity contribution < 1.29 is 0 Å². The molecule has 2 aliphatic carbocycles. The number of hydrogen-bond acceptors (Lipinski definition) is 0. The van der Waals surface area contributed by atoms with Gasteiger partial charge in [-0.2, -0.15) is 0 Å². The van der Waals surface area contributed by atoms with Crippen molar-refractivity contribution in [1.29, 1.82) is 0 Å². The van der Waals surface area contributed by atoms with Gasteiger partial charge in [0.25, 0.3) is 0 Å². The van der Waals surface area contributed by atoms with Crippen molar-refractivity contribution >= 4 is 65.5 Å². The second-order valence-corrected chi connectivity index (χ2v) is 17.4. The van der Waals surface area contributed by atoms with Gasteiger partial charge in [-0.1, -0.05) is 147 Å². The second kappa shape index (κ2) is 14.6.